The average Bonchev–Trinajstić information content (AvgIpc) is 3.58. The normalized spacial score (nSPS) is 18.2. The minimum Gasteiger partial charge on any atom is -0.497 e. The lowest BCUT2D eigenvalue weighted by atomic mass is 9.80. The molecule has 1 aliphatic heterocycles. The number of anilines is 1. The van der Waals surface area contributed by atoms with Gasteiger partial charge in [0.25, 0.3) is 14.4 Å². The standard InChI is InChI=1S/C46H51FN5O8P/c1-31(2)52(32(3)4)61(58-29-13-27-48)60-42-39(59-44(41(42)47)51-28-26-40(50-45(51)54)49-43(53)33-14-9-7-10-15-33)30-57-46(34-16-11-8-12-17-34,35-18-22-37(55-5)23-19-35)36-20-24-38(56-6)25-21-36/h7-12,14-26,28,31-32,39,41-42,44H,13,29-30H2,1-6H3,(H,49,50,53,54)/t39-,41-,42?,44-,61?/m1/s1. The van der Waals surface area contributed by atoms with E-state index in [1.165, 1.54) is 12.3 Å². The summed E-state index contributed by atoms with van der Waals surface area (Å²) in [5.41, 5.74) is 0.498. The van der Waals surface area contributed by atoms with Crippen LogP contribution in [0, 0.1) is 11.3 Å². The van der Waals surface area contributed by atoms with Crippen LogP contribution in [0.2, 0.25) is 0 Å². The minimum absolute atomic E-state index is 0.0123. The Morgan fingerprint density at radius 2 is 1.44 bits per heavy atom. The molecular formula is C46H51FN5O8P. The van der Waals surface area contributed by atoms with Gasteiger partial charge in [0.2, 0.25) is 0 Å². The van der Waals surface area contributed by atoms with Gasteiger partial charge in [-0.3, -0.25) is 9.36 Å². The Morgan fingerprint density at radius 3 is 1.97 bits per heavy atom. The van der Waals surface area contributed by atoms with Crippen LogP contribution in [0.1, 0.15) is 67.4 Å². The van der Waals surface area contributed by atoms with E-state index in [9.17, 15) is 14.9 Å². The van der Waals surface area contributed by atoms with E-state index >= 15 is 4.39 Å². The number of hydrogen-bond acceptors (Lipinski definition) is 11. The molecule has 4 aromatic carbocycles. The maximum Gasteiger partial charge on any atom is 0.351 e. The first-order valence-corrected chi connectivity index (χ1v) is 21.1. The fourth-order valence-electron chi connectivity index (χ4n) is 7.31. The molecule has 1 fully saturated rings. The van der Waals surface area contributed by atoms with E-state index in [1.54, 1.807) is 44.6 Å². The van der Waals surface area contributed by atoms with Crippen LogP contribution in [-0.4, -0.2) is 78.0 Å². The first-order valence-electron chi connectivity index (χ1n) is 20.0. The number of amides is 1. The highest BCUT2D eigenvalue weighted by molar-refractivity contribution is 7.44. The molecule has 0 radical (unpaired) electrons. The van der Waals surface area contributed by atoms with Crippen LogP contribution in [0.5, 0.6) is 11.5 Å². The summed E-state index contributed by atoms with van der Waals surface area (Å²) in [7, 11) is 1.22. The fourth-order valence-corrected chi connectivity index (χ4v) is 9.08. The van der Waals surface area contributed by atoms with E-state index in [-0.39, 0.29) is 37.5 Å². The molecule has 2 unspecified atom stereocenters. The molecule has 13 nitrogen and oxygen atoms in total. The number of aromatic nitrogens is 2. The van der Waals surface area contributed by atoms with Crippen LogP contribution in [0.4, 0.5) is 10.2 Å². The minimum atomic E-state index is -1.97. The number of carbonyl (C=O) groups is 1. The van der Waals surface area contributed by atoms with E-state index in [4.69, 9.17) is 28.0 Å². The Bertz CT molecular complexity index is 2220. The van der Waals surface area contributed by atoms with Gasteiger partial charge in [-0.15, -0.1) is 0 Å². The van der Waals surface area contributed by atoms with E-state index in [2.05, 4.69) is 16.4 Å². The van der Waals surface area contributed by atoms with Crippen molar-refractivity contribution in [2.24, 2.45) is 0 Å². The van der Waals surface area contributed by atoms with E-state index in [0.29, 0.717) is 17.1 Å². The zero-order valence-electron chi connectivity index (χ0n) is 35.0. The van der Waals surface area contributed by atoms with Crippen LogP contribution >= 0.6 is 8.53 Å². The van der Waals surface area contributed by atoms with Crippen LogP contribution in [0.3, 0.4) is 0 Å². The molecule has 0 saturated carbocycles. The highest BCUT2D eigenvalue weighted by atomic mass is 31.2. The molecule has 0 aliphatic carbocycles. The number of methoxy groups -OCH3 is 2. The van der Waals surface area contributed by atoms with E-state index in [0.717, 1.165) is 21.3 Å². The number of alkyl halides is 1. The number of nitriles is 1. The largest absolute Gasteiger partial charge is 0.497 e. The quantitative estimate of drug-likeness (QED) is 0.0485. The summed E-state index contributed by atoms with van der Waals surface area (Å²) < 4.78 is 58.0. The lowest BCUT2D eigenvalue weighted by molar-refractivity contribution is -0.0934. The number of rotatable bonds is 19. The number of nitrogens with one attached hydrogen (secondary N) is 1. The lowest BCUT2D eigenvalue weighted by Crippen LogP contribution is -2.41. The third kappa shape index (κ3) is 10.3. The Morgan fingerprint density at radius 1 is 0.885 bits per heavy atom. The van der Waals surface area contributed by atoms with Gasteiger partial charge in [0, 0.05) is 23.8 Å². The summed E-state index contributed by atoms with van der Waals surface area (Å²) in [6, 6.07) is 36.5. The fraction of sp³-hybridized carbons (Fsp3) is 0.348. The van der Waals surface area contributed by atoms with Crippen LogP contribution in [-0.2, 0) is 24.1 Å². The zero-order valence-corrected chi connectivity index (χ0v) is 35.9. The number of ether oxygens (including phenoxy) is 4. The van der Waals surface area contributed by atoms with Gasteiger partial charge in [0.1, 0.15) is 35.1 Å². The van der Waals surface area contributed by atoms with Crippen molar-refractivity contribution in [1.29, 1.82) is 5.26 Å². The first-order chi connectivity index (χ1) is 29.5. The Hall–Kier alpha value is -5.52. The molecule has 5 atom stereocenters. The average molecular weight is 852 g/mol. The summed E-state index contributed by atoms with van der Waals surface area (Å²) in [4.78, 5) is 30.6. The smallest absolute Gasteiger partial charge is 0.351 e. The van der Waals surface area contributed by atoms with E-state index < -0.39 is 50.3 Å². The predicted molar refractivity (Wildman–Crippen MR) is 230 cm³/mol. The first kappa shape index (κ1) is 45.0. The number of hydrogen-bond donors (Lipinski definition) is 1. The Labute approximate surface area is 356 Å². The topological polar surface area (TPSA) is 146 Å². The molecule has 5 aromatic rings. The Kier molecular flexibility index (Phi) is 15.4. The maximum atomic E-state index is 17.4. The molecule has 2 heterocycles. The van der Waals surface area contributed by atoms with Crippen molar-refractivity contribution in [3.63, 3.8) is 0 Å². The van der Waals surface area contributed by atoms with Gasteiger partial charge in [-0.25, -0.2) is 13.9 Å². The molecular weight excluding hydrogens is 801 g/mol. The van der Waals surface area contributed by atoms with Crippen LogP contribution in [0.25, 0.3) is 0 Å². The molecule has 1 amide bonds. The van der Waals surface area contributed by atoms with Crippen molar-refractivity contribution in [3.8, 4) is 17.6 Å². The maximum absolute atomic E-state index is 17.4. The molecule has 15 heteroatoms. The Balaban J connectivity index is 1.42. The summed E-state index contributed by atoms with van der Waals surface area (Å²) in [5.74, 6) is 0.814. The SMILES string of the molecule is COc1ccc(C(OC[C@H]2O[C@@H](n3ccc(NC(=O)c4ccccc4)nc3=O)[C@H](F)C2OP(OCCC#N)N(C(C)C)C(C)C)(c2ccccc2)c2ccc(OC)cc2)cc1. The van der Waals surface area contributed by atoms with Crippen LogP contribution in [0.15, 0.2) is 126 Å². The molecule has 61 heavy (non-hydrogen) atoms. The molecule has 0 bridgehead atoms. The number of nitrogens with zero attached hydrogens (tertiary/aromatic N) is 4. The monoisotopic (exact) mass is 851 g/mol. The van der Waals surface area contributed by atoms with Crippen molar-refractivity contribution < 1.29 is 37.2 Å². The van der Waals surface area contributed by atoms with Crippen molar-refractivity contribution >= 4 is 20.3 Å². The second kappa shape index (κ2) is 20.8. The highest BCUT2D eigenvalue weighted by Gasteiger charge is 2.51. The summed E-state index contributed by atoms with van der Waals surface area (Å²) >= 11 is 0. The number of halogens is 1. The zero-order chi connectivity index (χ0) is 43.5. The highest BCUT2D eigenvalue weighted by Crippen LogP contribution is 2.51. The predicted octanol–water partition coefficient (Wildman–Crippen LogP) is 8.42. The summed E-state index contributed by atoms with van der Waals surface area (Å²) in [5, 5.41) is 12.0. The van der Waals surface area contributed by atoms with Gasteiger partial charge in [-0.2, -0.15) is 10.2 Å². The summed E-state index contributed by atoms with van der Waals surface area (Å²) in [6.07, 6.45) is -4.46. The van der Waals surface area contributed by atoms with Gasteiger partial charge < -0.3 is 33.3 Å². The van der Waals surface area contributed by atoms with E-state index in [1.807, 2.05) is 111 Å². The lowest BCUT2D eigenvalue weighted by Gasteiger charge is -2.39. The molecule has 320 valence electrons. The molecule has 1 aromatic heterocycles. The second-order valence-corrected chi connectivity index (χ2v) is 16.2. The van der Waals surface area contributed by atoms with Gasteiger partial charge in [-0.05, 0) is 86.8 Å². The van der Waals surface area contributed by atoms with Crippen molar-refractivity contribution in [2.75, 3.05) is 32.8 Å². The van der Waals surface area contributed by atoms with Gasteiger partial charge >= 0.3 is 5.69 Å². The molecule has 6 rings (SSSR count). The van der Waals surface area contributed by atoms with Crippen molar-refractivity contribution in [3.05, 3.63) is 154 Å². The second-order valence-electron chi connectivity index (χ2n) is 14.8. The molecule has 0 spiro atoms. The third-order valence-electron chi connectivity index (χ3n) is 10.2. The number of carbonyl (C=O) groups excluding carboxylic acids is 1. The molecule has 1 N–H and O–H groups in total. The summed E-state index contributed by atoms with van der Waals surface area (Å²) in [6.45, 7) is 7.75. The number of benzene rings is 4. The van der Waals surface area contributed by atoms with Crippen molar-refractivity contribution in [2.45, 2.75) is 76.4 Å². The molecule has 1 saturated heterocycles. The van der Waals surface area contributed by atoms with Gasteiger partial charge in [-0.1, -0.05) is 72.8 Å². The van der Waals surface area contributed by atoms with Gasteiger partial charge in [0.05, 0.1) is 39.9 Å². The van der Waals surface area contributed by atoms with Crippen molar-refractivity contribution in [1.82, 2.24) is 14.2 Å². The molecule has 1 aliphatic rings. The van der Waals surface area contributed by atoms with Crippen LogP contribution < -0.4 is 20.5 Å². The third-order valence-corrected chi connectivity index (χ3v) is 12.3. The van der Waals surface area contributed by atoms with Gasteiger partial charge in [0.15, 0.2) is 12.4 Å².